The van der Waals surface area contributed by atoms with Crippen LogP contribution in [0.3, 0.4) is 0 Å². The van der Waals surface area contributed by atoms with Crippen LogP contribution in [-0.4, -0.2) is 113 Å². The molecule has 0 saturated carbocycles. The van der Waals surface area contributed by atoms with Crippen molar-refractivity contribution in [2.75, 3.05) is 32.7 Å². The predicted octanol–water partition coefficient (Wildman–Crippen LogP) is 20.1. The highest BCUT2D eigenvalue weighted by molar-refractivity contribution is 8.16. The molecule has 0 bridgehead atoms. The average Bonchev–Trinajstić information content (AvgIpc) is 1.60. The number of rotatable bonds is 15. The first-order valence-corrected chi connectivity index (χ1v) is 50.6. The minimum atomic E-state index is -1.02. The first-order chi connectivity index (χ1) is 67.7. The van der Waals surface area contributed by atoms with Gasteiger partial charge in [0.25, 0.3) is 0 Å². The Bertz CT molecular complexity index is 5980. The summed E-state index contributed by atoms with van der Waals surface area (Å²) in [6, 6.07) is 53.2. The molecule has 10 aromatic rings. The largest absolute Gasteiger partial charge is 0.330 e. The monoisotopic (exact) mass is 2020 g/mol. The number of nitrogens with zero attached hydrogens (tertiary/aromatic N) is 10. The number of aryl methyl sites for hydroxylation is 5. The SMILES string of the molecule is CC(=O)N1N=C(c2cc(F)cc(F)c2)S[C@@]12c1ccccc1CC[C@@H]2CCN.CC(=O)N1N=C(c2cc(F)cc(F)c2)S[C@@]12c1ccccc1CC[C@H]2CCN.CC(=O)N1N=C(c2cc(F)cc(F)c2)S[C@]12c1ccccc1CC[C@@H]2CCN.CC(=O)N1N=C(c2cc(F)cc(F)c2)S[C@]12c1ccccc1CC[C@H]2CCN.CC(=O)N1N=C(c2ccc(F)cc2F)S[C@]12c1cc(F)ccc1CC[C@@H]2CCN. The fourth-order valence-corrected chi connectivity index (χ4v) is 29.5. The van der Waals surface area contributed by atoms with Gasteiger partial charge < -0.3 is 28.7 Å². The molecule has 0 saturated heterocycles. The number of benzene rings is 10. The fraction of sp³-hybridized carbons (Fsp3) is 0.333. The molecule has 10 N–H and O–H groups in total. The van der Waals surface area contributed by atoms with Crippen LogP contribution in [0.4, 0.5) is 48.3 Å². The lowest BCUT2D eigenvalue weighted by molar-refractivity contribution is -0.135. The highest BCUT2D eigenvalue weighted by atomic mass is 32.2. The Morgan fingerprint density at radius 2 is 0.482 bits per heavy atom. The third-order valence-electron chi connectivity index (χ3n) is 27.1. The van der Waals surface area contributed by atoms with Crippen LogP contribution in [0.25, 0.3) is 0 Å². The zero-order chi connectivity index (χ0) is 100. The van der Waals surface area contributed by atoms with Crippen molar-refractivity contribution in [3.63, 3.8) is 0 Å². The molecule has 0 radical (unpaired) electrons. The molecule has 5 heterocycles. The Hall–Kier alpha value is -11.3. The van der Waals surface area contributed by atoms with E-state index in [1.165, 1.54) is 185 Å². The number of carbonyl (C=O) groups excluding carboxylic acids is 5. The van der Waals surface area contributed by atoms with Gasteiger partial charge in [-0.25, -0.2) is 73.3 Å². The smallest absolute Gasteiger partial charge is 0.241 e. The summed E-state index contributed by atoms with van der Waals surface area (Å²) >= 11 is 6.80. The van der Waals surface area contributed by atoms with E-state index in [9.17, 15) is 72.3 Å². The maximum Gasteiger partial charge on any atom is 0.241 e. The Morgan fingerprint density at radius 1 is 0.270 bits per heavy atom. The molecule has 10 aromatic carbocycles. The van der Waals surface area contributed by atoms with Crippen LogP contribution in [0.1, 0.15) is 182 Å². The lowest BCUT2D eigenvalue weighted by atomic mass is 9.77. The minimum Gasteiger partial charge on any atom is -0.330 e. The maximum absolute atomic E-state index is 14.5. The summed E-state index contributed by atoms with van der Waals surface area (Å²) in [5.41, 5.74) is 41.2. The van der Waals surface area contributed by atoms with E-state index in [0.717, 1.165) is 176 Å². The Balaban J connectivity index is 0.000000127. The number of hydrazone groups is 5. The lowest BCUT2D eigenvalue weighted by Crippen LogP contribution is -2.49. The number of hydrogen-bond acceptors (Lipinski definition) is 20. The minimum absolute atomic E-state index is 0.0842. The summed E-state index contributed by atoms with van der Waals surface area (Å²) in [4.78, 5) is 59.0. The lowest BCUT2D eigenvalue weighted by Gasteiger charge is -2.45. The molecule has 141 heavy (non-hydrogen) atoms. The number of thioether (sulfide) groups is 5. The van der Waals surface area contributed by atoms with Gasteiger partial charge in [-0.2, -0.15) is 25.5 Å². The van der Waals surface area contributed by atoms with E-state index in [1.54, 1.807) is 6.07 Å². The summed E-state index contributed by atoms with van der Waals surface area (Å²) in [5.74, 6) is -8.17. The number of halogens is 11. The number of nitrogens with two attached hydrogens (primary N) is 5. The molecule has 10 aliphatic rings. The molecule has 5 amide bonds. The van der Waals surface area contributed by atoms with Crippen molar-refractivity contribution in [3.8, 4) is 0 Å². The molecule has 0 unspecified atom stereocenters. The van der Waals surface area contributed by atoms with Crippen LogP contribution < -0.4 is 28.7 Å². The van der Waals surface area contributed by atoms with Crippen molar-refractivity contribution in [1.29, 1.82) is 0 Å². The fourth-order valence-electron chi connectivity index (χ4n) is 21.4. The zero-order valence-corrected chi connectivity index (χ0v) is 81.8. The molecular formula is C105H104F11N15O5S5. The van der Waals surface area contributed by atoms with Gasteiger partial charge >= 0.3 is 0 Å². The standard InChI is InChI=1S/C21H20F3N3OS.4C21H21F2N3OS/c1-12(28)27-21(29-20(26-27)17-7-6-16(23)11-19(17)24)14(8-9-25)4-2-13-3-5-15(22)10-18(13)21;4*1-13(27)26-21(28-20(25-26)15-10-17(22)12-18(23)11-15)16(8-9-24)7-6-14-4-2-3-5-19(14)21/h3,5-7,10-11,14H,2,4,8-9,25H2,1H3;4*2-5,10-12,16H,6-9,24H2,1H3/t14-,21-;2*16-,21+;2*16-,21-/m11010/s1. The zero-order valence-electron chi connectivity index (χ0n) is 77.8. The van der Waals surface area contributed by atoms with E-state index >= 15 is 0 Å². The molecule has 20 rings (SSSR count). The summed E-state index contributed by atoms with van der Waals surface area (Å²) in [6.07, 6.45) is 12.0. The third kappa shape index (κ3) is 20.0. The quantitative estimate of drug-likeness (QED) is 0.0596. The van der Waals surface area contributed by atoms with Crippen molar-refractivity contribution in [3.05, 3.63) is 354 Å². The van der Waals surface area contributed by atoms with E-state index in [0.29, 0.717) is 87.1 Å². The summed E-state index contributed by atoms with van der Waals surface area (Å²) < 4.78 is 153. The van der Waals surface area contributed by atoms with Gasteiger partial charge in [0.15, 0.2) is 0 Å². The molecule has 20 nitrogen and oxygen atoms in total. The molecule has 0 fully saturated rings. The summed E-state index contributed by atoms with van der Waals surface area (Å²) in [7, 11) is 0. The molecule has 5 spiro atoms. The Morgan fingerprint density at radius 3 is 0.723 bits per heavy atom. The van der Waals surface area contributed by atoms with Crippen LogP contribution in [-0.2, 0) is 80.4 Å². The molecule has 10 atom stereocenters. The second kappa shape index (κ2) is 43.1. The van der Waals surface area contributed by atoms with Gasteiger partial charge in [-0.15, -0.1) is 0 Å². The van der Waals surface area contributed by atoms with Gasteiger partial charge in [-0.1, -0.05) is 162 Å². The van der Waals surface area contributed by atoms with Gasteiger partial charge in [0.1, 0.15) is 114 Å². The Labute approximate surface area is 830 Å². The van der Waals surface area contributed by atoms with E-state index in [4.69, 9.17) is 28.7 Å². The Kier molecular flexibility index (Phi) is 31.3. The summed E-state index contributed by atoms with van der Waals surface area (Å²) in [5, 5.41) is 31.9. The normalized spacial score (nSPS) is 23.6. The second-order valence-corrected chi connectivity index (χ2v) is 42.0. The van der Waals surface area contributed by atoms with Gasteiger partial charge in [0.05, 0.1) is 0 Å². The van der Waals surface area contributed by atoms with Crippen molar-refractivity contribution in [2.24, 2.45) is 83.8 Å². The van der Waals surface area contributed by atoms with Crippen molar-refractivity contribution in [2.45, 2.75) is 155 Å². The highest BCUT2D eigenvalue weighted by Crippen LogP contribution is 2.64. The molecule has 0 aromatic heterocycles. The highest BCUT2D eigenvalue weighted by Gasteiger charge is 2.61. The van der Waals surface area contributed by atoms with E-state index < -0.39 is 88.3 Å². The number of hydrogen-bond donors (Lipinski definition) is 5. The third-order valence-corrected chi connectivity index (χ3v) is 34.8. The van der Waals surface area contributed by atoms with Gasteiger partial charge in [-0.05, 0) is 287 Å². The second-order valence-electron chi connectivity index (χ2n) is 35.9. The van der Waals surface area contributed by atoms with Crippen molar-refractivity contribution >= 4 is 114 Å². The maximum atomic E-state index is 14.5. The number of amides is 5. The average molecular weight is 2030 g/mol. The molecule has 5 aliphatic carbocycles. The van der Waals surface area contributed by atoms with Gasteiger partial charge in [0.2, 0.25) is 29.5 Å². The first kappa shape index (κ1) is 103. The van der Waals surface area contributed by atoms with E-state index in [1.807, 2.05) is 72.8 Å². The summed E-state index contributed by atoms with van der Waals surface area (Å²) in [6.45, 7) is 9.61. The molecule has 736 valence electrons. The van der Waals surface area contributed by atoms with Crippen LogP contribution in [0.15, 0.2) is 232 Å². The molecule has 5 aliphatic heterocycles. The van der Waals surface area contributed by atoms with E-state index in [2.05, 4.69) is 49.8 Å². The predicted molar refractivity (Wildman–Crippen MR) is 533 cm³/mol. The number of carbonyl (C=O) groups is 5. The van der Waals surface area contributed by atoms with Crippen LogP contribution in [0, 0.1) is 93.6 Å². The molecular weight excluding hydrogens is 1920 g/mol. The van der Waals surface area contributed by atoms with Crippen LogP contribution in [0.2, 0.25) is 0 Å². The first-order valence-electron chi connectivity index (χ1n) is 46.5. The van der Waals surface area contributed by atoms with Gasteiger partial charge in [-0.3, -0.25) is 24.0 Å². The topological polar surface area (TPSA) is 293 Å². The number of fused-ring (bicyclic) bond motifs is 10. The molecule has 36 heteroatoms. The van der Waals surface area contributed by atoms with Crippen molar-refractivity contribution < 1.29 is 72.3 Å². The van der Waals surface area contributed by atoms with E-state index in [-0.39, 0.29) is 69.7 Å². The van der Waals surface area contributed by atoms with Gasteiger partial charge in [0, 0.05) is 92.8 Å². The van der Waals surface area contributed by atoms with Crippen molar-refractivity contribution in [1.82, 2.24) is 25.0 Å². The van der Waals surface area contributed by atoms with Crippen LogP contribution >= 0.6 is 58.8 Å². The van der Waals surface area contributed by atoms with Crippen LogP contribution in [0.5, 0.6) is 0 Å².